The first kappa shape index (κ1) is 20.3. The Morgan fingerprint density at radius 3 is 2.77 bits per heavy atom. The van der Waals surface area contributed by atoms with Crippen LogP contribution in [0.5, 0.6) is 0 Å². The predicted octanol–water partition coefficient (Wildman–Crippen LogP) is 2.86. The summed E-state index contributed by atoms with van der Waals surface area (Å²) in [4.78, 5) is 30.2. The second-order valence-electron chi connectivity index (χ2n) is 8.15. The number of aromatic nitrogens is 1. The molecule has 30 heavy (non-hydrogen) atoms. The van der Waals surface area contributed by atoms with Crippen LogP contribution in [0.3, 0.4) is 0 Å². The van der Waals surface area contributed by atoms with E-state index in [0.717, 1.165) is 12.0 Å². The number of ether oxygens (including phenoxy) is 1. The molecule has 3 heterocycles. The molecule has 0 radical (unpaired) electrons. The van der Waals surface area contributed by atoms with Crippen molar-refractivity contribution >= 4 is 17.6 Å². The van der Waals surface area contributed by atoms with Gasteiger partial charge in [-0.2, -0.15) is 0 Å². The SMILES string of the molecule is Cc1ccc(NC(=O)N2CC3(CC(CC(=O)NCc4ccncc4)CO3)C2)cc1F. The topological polar surface area (TPSA) is 83.6 Å². The van der Waals surface area contributed by atoms with Crippen LogP contribution in [0.2, 0.25) is 0 Å². The van der Waals surface area contributed by atoms with Gasteiger partial charge in [0, 0.05) is 31.0 Å². The largest absolute Gasteiger partial charge is 0.371 e. The monoisotopic (exact) mass is 412 g/mol. The highest BCUT2D eigenvalue weighted by molar-refractivity contribution is 5.90. The number of carbonyl (C=O) groups is 2. The number of hydrogen-bond acceptors (Lipinski definition) is 4. The number of amides is 3. The third kappa shape index (κ3) is 4.59. The van der Waals surface area contributed by atoms with E-state index < -0.39 is 0 Å². The molecular formula is C22H25FN4O3. The van der Waals surface area contributed by atoms with Gasteiger partial charge in [-0.05, 0) is 54.7 Å². The zero-order chi connectivity index (χ0) is 21.1. The molecule has 3 amide bonds. The molecule has 1 atom stereocenters. The molecule has 0 bridgehead atoms. The predicted molar refractivity (Wildman–Crippen MR) is 109 cm³/mol. The van der Waals surface area contributed by atoms with Gasteiger partial charge in [0.1, 0.15) is 11.4 Å². The molecule has 0 saturated carbocycles. The number of benzene rings is 1. The van der Waals surface area contributed by atoms with Gasteiger partial charge in [0.05, 0.1) is 19.7 Å². The lowest BCUT2D eigenvalue weighted by Gasteiger charge is -2.46. The highest BCUT2D eigenvalue weighted by Gasteiger charge is 2.51. The van der Waals surface area contributed by atoms with Gasteiger partial charge in [-0.15, -0.1) is 0 Å². The summed E-state index contributed by atoms with van der Waals surface area (Å²) in [7, 11) is 0. The molecule has 2 aliphatic rings. The summed E-state index contributed by atoms with van der Waals surface area (Å²) < 4.78 is 19.6. The summed E-state index contributed by atoms with van der Waals surface area (Å²) in [6.07, 6.45) is 4.55. The Hall–Kier alpha value is -3.00. The Morgan fingerprint density at radius 1 is 1.27 bits per heavy atom. The van der Waals surface area contributed by atoms with E-state index in [9.17, 15) is 14.0 Å². The molecule has 2 fully saturated rings. The fourth-order valence-corrected chi connectivity index (χ4v) is 3.99. The van der Waals surface area contributed by atoms with Crippen LogP contribution in [-0.4, -0.2) is 47.1 Å². The number of pyridine rings is 1. The molecule has 8 heteroatoms. The Labute approximate surface area is 174 Å². The second kappa shape index (κ2) is 8.39. The Balaban J connectivity index is 1.21. The average Bonchev–Trinajstić information content (AvgIpc) is 3.13. The van der Waals surface area contributed by atoms with Gasteiger partial charge in [-0.25, -0.2) is 9.18 Å². The van der Waals surface area contributed by atoms with Crippen molar-refractivity contribution in [1.82, 2.24) is 15.2 Å². The first-order chi connectivity index (χ1) is 14.4. The van der Waals surface area contributed by atoms with Gasteiger partial charge in [-0.1, -0.05) is 6.07 Å². The minimum absolute atomic E-state index is 0.00668. The molecule has 2 aromatic rings. The van der Waals surface area contributed by atoms with E-state index >= 15 is 0 Å². The normalized spacial score (nSPS) is 19.4. The number of urea groups is 1. The number of aryl methyl sites for hydroxylation is 1. The highest BCUT2D eigenvalue weighted by Crippen LogP contribution is 2.39. The van der Waals surface area contributed by atoms with E-state index in [-0.39, 0.29) is 29.3 Å². The first-order valence-electron chi connectivity index (χ1n) is 10.0. The second-order valence-corrected chi connectivity index (χ2v) is 8.15. The van der Waals surface area contributed by atoms with Crippen molar-refractivity contribution in [3.05, 3.63) is 59.7 Å². The first-order valence-corrected chi connectivity index (χ1v) is 10.0. The summed E-state index contributed by atoms with van der Waals surface area (Å²) in [6, 6.07) is 8.09. The standard InChI is InChI=1S/C22H25FN4O3/c1-15-2-3-18(9-19(15)23)26-21(29)27-13-22(14-27)10-17(12-30-22)8-20(28)25-11-16-4-6-24-7-5-16/h2-7,9,17H,8,10-14H2,1H3,(H,25,28)(H,26,29). The lowest BCUT2D eigenvalue weighted by molar-refractivity contribution is -0.122. The Kier molecular flexibility index (Phi) is 5.67. The van der Waals surface area contributed by atoms with Gasteiger partial charge >= 0.3 is 6.03 Å². The molecule has 2 N–H and O–H groups in total. The smallest absolute Gasteiger partial charge is 0.322 e. The van der Waals surface area contributed by atoms with Crippen LogP contribution in [-0.2, 0) is 16.1 Å². The number of rotatable bonds is 5. The van der Waals surface area contributed by atoms with E-state index in [2.05, 4.69) is 15.6 Å². The highest BCUT2D eigenvalue weighted by atomic mass is 19.1. The molecule has 1 aromatic heterocycles. The van der Waals surface area contributed by atoms with E-state index in [1.165, 1.54) is 6.07 Å². The van der Waals surface area contributed by atoms with Crippen LogP contribution in [0.1, 0.15) is 24.0 Å². The molecular weight excluding hydrogens is 387 g/mol. The van der Waals surface area contributed by atoms with Crippen LogP contribution >= 0.6 is 0 Å². The van der Waals surface area contributed by atoms with Crippen molar-refractivity contribution < 1.29 is 18.7 Å². The molecule has 158 valence electrons. The minimum Gasteiger partial charge on any atom is -0.371 e. The molecule has 2 aliphatic heterocycles. The van der Waals surface area contributed by atoms with Crippen molar-refractivity contribution in [1.29, 1.82) is 0 Å². The number of halogens is 1. The van der Waals surface area contributed by atoms with Crippen molar-refractivity contribution in [3.8, 4) is 0 Å². The van der Waals surface area contributed by atoms with E-state index in [4.69, 9.17) is 4.74 Å². The number of nitrogens with one attached hydrogen (secondary N) is 2. The lowest BCUT2D eigenvalue weighted by atomic mass is 9.86. The van der Waals surface area contributed by atoms with Crippen LogP contribution in [0.25, 0.3) is 0 Å². The summed E-state index contributed by atoms with van der Waals surface area (Å²) in [5.74, 6) is -0.219. The van der Waals surface area contributed by atoms with Crippen molar-refractivity contribution in [2.45, 2.75) is 31.9 Å². The van der Waals surface area contributed by atoms with Gasteiger partial charge < -0.3 is 20.3 Å². The van der Waals surface area contributed by atoms with Gasteiger partial charge in [-0.3, -0.25) is 9.78 Å². The van der Waals surface area contributed by atoms with E-state index in [0.29, 0.717) is 43.9 Å². The molecule has 7 nitrogen and oxygen atoms in total. The summed E-state index contributed by atoms with van der Waals surface area (Å²) >= 11 is 0. The number of carbonyl (C=O) groups excluding carboxylic acids is 2. The molecule has 1 unspecified atom stereocenters. The number of hydrogen-bond donors (Lipinski definition) is 2. The van der Waals surface area contributed by atoms with Crippen molar-refractivity contribution in [3.63, 3.8) is 0 Å². The molecule has 1 aromatic carbocycles. The third-order valence-electron chi connectivity index (χ3n) is 5.67. The van der Waals surface area contributed by atoms with Crippen molar-refractivity contribution in [2.24, 2.45) is 5.92 Å². The Morgan fingerprint density at radius 2 is 2.03 bits per heavy atom. The fraction of sp³-hybridized carbons (Fsp3) is 0.409. The van der Waals surface area contributed by atoms with Gasteiger partial charge in [0.15, 0.2) is 0 Å². The minimum atomic E-state index is -0.369. The van der Waals surface area contributed by atoms with E-state index in [1.807, 2.05) is 12.1 Å². The van der Waals surface area contributed by atoms with Crippen LogP contribution < -0.4 is 10.6 Å². The fourth-order valence-electron chi connectivity index (χ4n) is 3.99. The lowest BCUT2D eigenvalue weighted by Crippen LogP contribution is -2.64. The van der Waals surface area contributed by atoms with Crippen LogP contribution in [0, 0.1) is 18.7 Å². The maximum atomic E-state index is 13.6. The zero-order valence-electron chi connectivity index (χ0n) is 16.9. The Bertz CT molecular complexity index is 931. The summed E-state index contributed by atoms with van der Waals surface area (Å²) in [5, 5.41) is 5.64. The maximum Gasteiger partial charge on any atom is 0.322 e. The van der Waals surface area contributed by atoms with E-state index in [1.54, 1.807) is 36.4 Å². The average molecular weight is 412 g/mol. The molecule has 2 saturated heterocycles. The number of nitrogens with zero attached hydrogens (tertiary/aromatic N) is 2. The summed E-state index contributed by atoms with van der Waals surface area (Å²) in [5.41, 5.74) is 1.60. The maximum absolute atomic E-state index is 13.6. The third-order valence-corrected chi connectivity index (χ3v) is 5.67. The quantitative estimate of drug-likeness (QED) is 0.791. The molecule has 0 aliphatic carbocycles. The van der Waals surface area contributed by atoms with Gasteiger partial charge in [0.2, 0.25) is 5.91 Å². The summed E-state index contributed by atoms with van der Waals surface area (Å²) in [6.45, 7) is 3.62. The number of likely N-dealkylation sites (tertiary alicyclic amines) is 1. The van der Waals surface area contributed by atoms with Crippen molar-refractivity contribution in [2.75, 3.05) is 25.0 Å². The van der Waals surface area contributed by atoms with Gasteiger partial charge in [0.25, 0.3) is 0 Å². The van der Waals surface area contributed by atoms with Crippen LogP contribution in [0.15, 0.2) is 42.7 Å². The number of anilines is 1. The zero-order valence-corrected chi connectivity index (χ0v) is 16.9. The van der Waals surface area contributed by atoms with Crippen LogP contribution in [0.4, 0.5) is 14.9 Å². The molecule has 1 spiro atoms. The molecule has 4 rings (SSSR count).